The van der Waals surface area contributed by atoms with Crippen molar-refractivity contribution in [1.82, 2.24) is 19.7 Å². The van der Waals surface area contributed by atoms with Gasteiger partial charge in [0.25, 0.3) is 5.56 Å². The van der Waals surface area contributed by atoms with Gasteiger partial charge in [0, 0.05) is 4.47 Å². The van der Waals surface area contributed by atoms with Gasteiger partial charge in [0.05, 0.1) is 21.7 Å². The summed E-state index contributed by atoms with van der Waals surface area (Å²) in [4.78, 5) is 20.0. The number of nitrogens with zero attached hydrogens (tertiary/aromatic N) is 3. The van der Waals surface area contributed by atoms with Gasteiger partial charge in [-0.1, -0.05) is 39.7 Å². The Bertz CT molecular complexity index is 1160. The van der Waals surface area contributed by atoms with Crippen LogP contribution in [0.25, 0.3) is 17.0 Å². The first kappa shape index (κ1) is 17.3. The Morgan fingerprint density at radius 1 is 1.12 bits per heavy atom. The van der Waals surface area contributed by atoms with E-state index < -0.39 is 5.56 Å². The van der Waals surface area contributed by atoms with Gasteiger partial charge in [-0.2, -0.15) is 9.78 Å². The molecule has 6 nitrogen and oxygen atoms in total. The number of nitrogens with one attached hydrogen (secondary N) is 1. The molecule has 0 bridgehead atoms. The topological polar surface area (TPSA) is 72.8 Å². The highest BCUT2D eigenvalue weighted by Crippen LogP contribution is 2.33. The summed E-state index contributed by atoms with van der Waals surface area (Å²) >= 11 is 13.0. The average Bonchev–Trinajstić information content (AvgIpc) is 3.05. The molecule has 26 heavy (non-hydrogen) atoms. The van der Waals surface area contributed by atoms with Crippen LogP contribution in [0, 0.1) is 0 Å². The van der Waals surface area contributed by atoms with Crippen LogP contribution in [0.15, 0.2) is 62.4 Å². The summed E-state index contributed by atoms with van der Waals surface area (Å²) in [5.41, 5.74) is 0.995. The third kappa shape index (κ3) is 3.15. The quantitative estimate of drug-likeness (QED) is 0.429. The van der Waals surface area contributed by atoms with Gasteiger partial charge in [-0.3, -0.25) is 4.79 Å². The van der Waals surface area contributed by atoms with E-state index in [1.165, 1.54) is 6.20 Å². The van der Waals surface area contributed by atoms with E-state index in [2.05, 4.69) is 46.9 Å². The smallest absolute Gasteiger partial charge is 0.296 e. The van der Waals surface area contributed by atoms with E-state index in [0.717, 1.165) is 20.2 Å². The number of benzene rings is 2. The summed E-state index contributed by atoms with van der Waals surface area (Å²) in [5.74, 6) is 0.958. The van der Waals surface area contributed by atoms with Crippen molar-refractivity contribution in [3.63, 3.8) is 0 Å². The van der Waals surface area contributed by atoms with Crippen LogP contribution in [0.2, 0.25) is 5.02 Å². The summed E-state index contributed by atoms with van der Waals surface area (Å²) < 4.78 is 8.42. The maximum atomic E-state index is 12.6. The number of ether oxygens (including phenoxy) is 1. The lowest BCUT2D eigenvalue weighted by Crippen LogP contribution is -2.22. The molecule has 2 aromatic heterocycles. The second-order valence-corrected chi connectivity index (χ2v) is 7.44. The molecule has 0 saturated heterocycles. The van der Waals surface area contributed by atoms with E-state index >= 15 is 0 Å². The first-order chi connectivity index (χ1) is 12.5. The minimum atomic E-state index is -0.531. The highest BCUT2D eigenvalue weighted by atomic mass is 79.9. The van der Waals surface area contributed by atoms with Crippen LogP contribution < -0.4 is 10.3 Å². The maximum absolute atomic E-state index is 12.6. The number of aromatic amines is 1. The van der Waals surface area contributed by atoms with Crippen LogP contribution in [0.4, 0.5) is 0 Å². The maximum Gasteiger partial charge on any atom is 0.296 e. The largest absolute Gasteiger partial charge is 0.453 e. The van der Waals surface area contributed by atoms with E-state index in [-0.39, 0.29) is 16.7 Å². The third-order valence-corrected chi connectivity index (χ3v) is 5.04. The van der Waals surface area contributed by atoms with Crippen molar-refractivity contribution in [3.8, 4) is 17.4 Å². The Hall–Kier alpha value is -2.16. The molecule has 0 fully saturated rings. The molecule has 4 aromatic rings. The summed E-state index contributed by atoms with van der Waals surface area (Å²) in [7, 11) is 0. The van der Waals surface area contributed by atoms with Crippen LogP contribution in [0.1, 0.15) is 0 Å². The van der Waals surface area contributed by atoms with Crippen LogP contribution in [-0.2, 0) is 0 Å². The van der Waals surface area contributed by atoms with E-state index in [1.807, 2.05) is 36.4 Å². The number of rotatable bonds is 3. The first-order valence-electron chi connectivity index (χ1n) is 7.39. The molecule has 0 aliphatic heterocycles. The van der Waals surface area contributed by atoms with Gasteiger partial charge in [-0.25, -0.2) is 4.98 Å². The van der Waals surface area contributed by atoms with E-state index in [4.69, 9.17) is 16.3 Å². The predicted molar refractivity (Wildman–Crippen MR) is 106 cm³/mol. The summed E-state index contributed by atoms with van der Waals surface area (Å²) in [6.07, 6.45) is 1.38. The van der Waals surface area contributed by atoms with Crippen molar-refractivity contribution < 1.29 is 4.74 Å². The minimum absolute atomic E-state index is 0.0877. The Balaban J connectivity index is 1.74. The number of halogens is 3. The molecule has 130 valence electrons. The van der Waals surface area contributed by atoms with E-state index in [0.29, 0.717) is 10.2 Å². The van der Waals surface area contributed by atoms with Gasteiger partial charge in [-0.05, 0) is 46.3 Å². The molecule has 0 radical (unpaired) electrons. The monoisotopic (exact) mass is 494 g/mol. The fraction of sp³-hybridized carbons (Fsp3) is 0. The molecule has 2 heterocycles. The van der Waals surface area contributed by atoms with Crippen LogP contribution in [-0.4, -0.2) is 19.7 Å². The molecule has 4 rings (SSSR count). The average molecular weight is 497 g/mol. The van der Waals surface area contributed by atoms with Crippen molar-refractivity contribution in [1.29, 1.82) is 0 Å². The SMILES string of the molecule is O=c1c(Cl)c(Oc2ccc(Br)cc2Br)cnn1-c1nc2ccccc2[nH]1. The molecule has 1 N–H and O–H groups in total. The lowest BCUT2D eigenvalue weighted by molar-refractivity contribution is 0.472. The second kappa shape index (κ2) is 6.86. The lowest BCUT2D eigenvalue weighted by Gasteiger charge is -2.10. The Morgan fingerprint density at radius 2 is 1.92 bits per heavy atom. The summed E-state index contributed by atoms with van der Waals surface area (Å²) in [6.45, 7) is 0. The zero-order valence-electron chi connectivity index (χ0n) is 12.9. The van der Waals surface area contributed by atoms with Gasteiger partial charge < -0.3 is 9.72 Å². The molecular formula is C17H9Br2ClN4O2. The zero-order valence-corrected chi connectivity index (χ0v) is 16.8. The van der Waals surface area contributed by atoms with E-state index in [9.17, 15) is 4.79 Å². The number of hydrogen-bond donors (Lipinski definition) is 1. The lowest BCUT2D eigenvalue weighted by atomic mass is 10.3. The first-order valence-corrected chi connectivity index (χ1v) is 9.35. The van der Waals surface area contributed by atoms with Crippen molar-refractivity contribution in [3.05, 3.63) is 73.0 Å². The van der Waals surface area contributed by atoms with Gasteiger partial charge in [0.2, 0.25) is 5.95 Å². The Kier molecular flexibility index (Phi) is 4.56. The second-order valence-electron chi connectivity index (χ2n) is 5.29. The highest BCUT2D eigenvalue weighted by Gasteiger charge is 2.16. The molecule has 0 saturated carbocycles. The van der Waals surface area contributed by atoms with Gasteiger partial charge in [0.1, 0.15) is 5.75 Å². The number of hydrogen-bond acceptors (Lipinski definition) is 4. The van der Waals surface area contributed by atoms with Crippen molar-refractivity contribution in [2.75, 3.05) is 0 Å². The number of aromatic nitrogens is 4. The van der Waals surface area contributed by atoms with E-state index in [1.54, 1.807) is 6.07 Å². The Morgan fingerprint density at radius 3 is 2.69 bits per heavy atom. The van der Waals surface area contributed by atoms with Crippen molar-refractivity contribution >= 4 is 54.5 Å². The van der Waals surface area contributed by atoms with Crippen molar-refractivity contribution in [2.24, 2.45) is 0 Å². The number of fused-ring (bicyclic) bond motifs is 1. The van der Waals surface area contributed by atoms with Crippen molar-refractivity contribution in [2.45, 2.75) is 0 Å². The van der Waals surface area contributed by atoms with Gasteiger partial charge in [0.15, 0.2) is 10.8 Å². The molecule has 0 aliphatic rings. The molecule has 0 spiro atoms. The van der Waals surface area contributed by atoms with Gasteiger partial charge >= 0.3 is 0 Å². The number of H-pyrrole nitrogens is 1. The fourth-order valence-electron chi connectivity index (χ4n) is 2.36. The van der Waals surface area contributed by atoms with Crippen LogP contribution >= 0.6 is 43.5 Å². The fourth-order valence-corrected chi connectivity index (χ4v) is 3.65. The molecule has 0 amide bonds. The van der Waals surface area contributed by atoms with Gasteiger partial charge in [-0.15, -0.1) is 0 Å². The van der Waals surface area contributed by atoms with Crippen LogP contribution in [0.3, 0.4) is 0 Å². The molecule has 0 unspecified atom stereocenters. The number of imidazole rings is 1. The van der Waals surface area contributed by atoms with Crippen LogP contribution in [0.5, 0.6) is 11.5 Å². The Labute approximate surface area is 169 Å². The molecule has 0 atom stereocenters. The highest BCUT2D eigenvalue weighted by molar-refractivity contribution is 9.11. The molecule has 9 heteroatoms. The molecule has 0 aliphatic carbocycles. The third-order valence-electron chi connectivity index (χ3n) is 3.58. The molecule has 2 aromatic carbocycles. The normalized spacial score (nSPS) is 11.0. The number of para-hydroxylation sites is 2. The predicted octanol–water partition coefficient (Wildman–Crippen LogP) is 5.08. The standard InChI is InChI=1S/C17H9Br2ClN4O2/c18-9-5-6-13(10(19)7-9)26-14-8-21-24(16(25)15(14)20)17-22-11-3-1-2-4-12(11)23-17/h1-8H,(H,22,23). The minimum Gasteiger partial charge on any atom is -0.453 e. The summed E-state index contributed by atoms with van der Waals surface area (Å²) in [6, 6.07) is 12.8. The molecular weight excluding hydrogens is 487 g/mol. The summed E-state index contributed by atoms with van der Waals surface area (Å²) in [5, 5.41) is 4.04. The zero-order chi connectivity index (χ0) is 18.3.